The second-order valence-corrected chi connectivity index (χ2v) is 17.7. The van der Waals surface area contributed by atoms with Gasteiger partial charge < -0.3 is 14.5 Å². The fourth-order valence-corrected chi connectivity index (χ4v) is 8.48. The fraction of sp³-hybridized carbons (Fsp3) is 0.204. The van der Waals surface area contributed by atoms with Crippen LogP contribution in [-0.4, -0.2) is 16.2 Å². The van der Waals surface area contributed by atoms with Crippen LogP contribution in [0.4, 0.5) is 11.4 Å². The van der Waals surface area contributed by atoms with E-state index in [9.17, 15) is 0 Å². The van der Waals surface area contributed by atoms with Gasteiger partial charge in [-0.3, -0.25) is 4.57 Å². The van der Waals surface area contributed by atoms with E-state index in [1.165, 1.54) is 33.2 Å². The summed E-state index contributed by atoms with van der Waals surface area (Å²) < 4.78 is 9.18. The topological polar surface area (TPSA) is 33.5 Å². The first-order chi connectivity index (χ1) is 28.4. The number of para-hydroxylation sites is 1. The number of benzene rings is 6. The van der Waals surface area contributed by atoms with Crippen molar-refractivity contribution in [2.75, 3.05) is 16.5 Å². The van der Waals surface area contributed by atoms with E-state index in [2.05, 4.69) is 227 Å². The number of nitrogens with zero attached hydrogens (tertiary/aromatic N) is 4. The summed E-state index contributed by atoms with van der Waals surface area (Å²) in [5.74, 6) is 2.82. The van der Waals surface area contributed by atoms with E-state index in [4.69, 9.17) is 9.72 Å². The molecular formula is C54H52N4O. The maximum Gasteiger partial charge on any atom is 0.137 e. The van der Waals surface area contributed by atoms with Crippen LogP contribution in [0.5, 0.6) is 11.5 Å². The monoisotopic (exact) mass is 772 g/mol. The van der Waals surface area contributed by atoms with Gasteiger partial charge in [0.05, 0.1) is 17.7 Å². The molecule has 5 nitrogen and oxygen atoms in total. The Morgan fingerprint density at radius 2 is 1.24 bits per heavy atom. The second-order valence-electron chi connectivity index (χ2n) is 17.7. The number of pyridine rings is 1. The normalized spacial score (nSPS) is 13.3. The van der Waals surface area contributed by atoms with Crippen molar-refractivity contribution in [2.45, 2.75) is 65.2 Å². The molecule has 0 unspecified atom stereocenters. The second kappa shape index (κ2) is 15.0. The van der Waals surface area contributed by atoms with Gasteiger partial charge >= 0.3 is 0 Å². The van der Waals surface area contributed by atoms with Gasteiger partial charge in [0.2, 0.25) is 0 Å². The Balaban J connectivity index is 1.07. The van der Waals surface area contributed by atoms with Gasteiger partial charge in [-0.15, -0.1) is 0 Å². The van der Waals surface area contributed by atoms with Crippen LogP contribution < -0.4 is 14.5 Å². The average Bonchev–Trinajstić information content (AvgIpc) is 3.87. The van der Waals surface area contributed by atoms with Crippen LogP contribution in [0.3, 0.4) is 0 Å². The highest BCUT2D eigenvalue weighted by Crippen LogP contribution is 2.40. The molecule has 5 heteroatoms. The van der Waals surface area contributed by atoms with Gasteiger partial charge in [0.1, 0.15) is 17.3 Å². The van der Waals surface area contributed by atoms with Crippen LogP contribution in [0, 0.1) is 0 Å². The van der Waals surface area contributed by atoms with Crippen molar-refractivity contribution in [3.8, 4) is 28.4 Å². The Bertz CT molecular complexity index is 2820. The SMILES string of the molecule is CC(C)c1ccccc1-c1cc(Oc2ccc3c4ccccc4n(-c4cc(C(C)(C)C)ccn4)c3c2)cc(N2C=CN(c3ccc(C(C)(C)c4ccccc4)cc3)C2)c1. The highest BCUT2D eigenvalue weighted by atomic mass is 16.5. The lowest BCUT2D eigenvalue weighted by atomic mass is 9.78. The molecule has 0 saturated heterocycles. The number of hydrogen-bond acceptors (Lipinski definition) is 4. The largest absolute Gasteiger partial charge is 0.457 e. The summed E-state index contributed by atoms with van der Waals surface area (Å²) >= 11 is 0. The predicted molar refractivity (Wildman–Crippen MR) is 247 cm³/mol. The van der Waals surface area contributed by atoms with Gasteiger partial charge in [0.25, 0.3) is 0 Å². The molecule has 0 radical (unpaired) electrons. The zero-order valence-electron chi connectivity index (χ0n) is 35.1. The van der Waals surface area contributed by atoms with E-state index in [0.29, 0.717) is 12.6 Å². The van der Waals surface area contributed by atoms with E-state index in [1.807, 2.05) is 6.20 Å². The maximum absolute atomic E-state index is 6.91. The Hall–Kier alpha value is -6.59. The van der Waals surface area contributed by atoms with Gasteiger partial charge in [-0.05, 0) is 99.3 Å². The van der Waals surface area contributed by atoms with Crippen LogP contribution >= 0.6 is 0 Å². The molecule has 1 aliphatic heterocycles. The molecule has 294 valence electrons. The Kier molecular flexibility index (Phi) is 9.63. The lowest BCUT2D eigenvalue weighted by Gasteiger charge is -2.27. The van der Waals surface area contributed by atoms with E-state index in [0.717, 1.165) is 50.7 Å². The van der Waals surface area contributed by atoms with E-state index < -0.39 is 0 Å². The molecule has 3 heterocycles. The minimum atomic E-state index is -0.0921. The molecule has 9 rings (SSSR count). The summed E-state index contributed by atoms with van der Waals surface area (Å²) in [6.07, 6.45) is 6.26. The van der Waals surface area contributed by atoms with Crippen molar-refractivity contribution < 1.29 is 4.74 Å². The van der Waals surface area contributed by atoms with Crippen molar-refractivity contribution in [1.82, 2.24) is 9.55 Å². The fourth-order valence-electron chi connectivity index (χ4n) is 8.48. The molecule has 0 N–H and O–H groups in total. The van der Waals surface area contributed by atoms with Crippen molar-refractivity contribution >= 4 is 33.2 Å². The standard InChI is InChI=1S/C54H52N4O/c1-37(2)46-17-11-12-18-47(46)38-31-43(57-30-29-56(36-57)42-23-21-40(22-24-42)54(6,7)39-15-9-8-10-16-39)34-45(32-38)59-44-25-26-49-48-19-13-14-20-50(48)58(51(49)35-44)52-33-41(27-28-55-52)53(3,4)5/h8-35,37H,36H2,1-7H3. The zero-order valence-corrected chi connectivity index (χ0v) is 35.1. The summed E-state index contributed by atoms with van der Waals surface area (Å²) in [7, 11) is 0. The van der Waals surface area contributed by atoms with Gasteiger partial charge in [-0.1, -0.05) is 133 Å². The molecular weight excluding hydrogens is 721 g/mol. The molecule has 0 fully saturated rings. The number of ether oxygens (including phenoxy) is 1. The number of hydrogen-bond donors (Lipinski definition) is 0. The molecule has 0 saturated carbocycles. The van der Waals surface area contributed by atoms with Gasteiger partial charge in [-0.25, -0.2) is 4.98 Å². The Morgan fingerprint density at radius 1 is 0.559 bits per heavy atom. The van der Waals surface area contributed by atoms with E-state index >= 15 is 0 Å². The van der Waals surface area contributed by atoms with Crippen molar-refractivity contribution in [2.24, 2.45) is 0 Å². The molecule has 1 aliphatic rings. The Labute approximate surface area is 348 Å². The third kappa shape index (κ3) is 7.27. The molecule has 6 aromatic carbocycles. The summed E-state index contributed by atoms with van der Waals surface area (Å²) in [5.41, 5.74) is 11.8. The summed E-state index contributed by atoms with van der Waals surface area (Å²) in [4.78, 5) is 9.49. The minimum absolute atomic E-state index is 0.00640. The van der Waals surface area contributed by atoms with Crippen molar-refractivity contribution in [3.63, 3.8) is 0 Å². The minimum Gasteiger partial charge on any atom is -0.457 e. The summed E-state index contributed by atoms with van der Waals surface area (Å²) in [6.45, 7) is 16.5. The number of aromatic nitrogens is 2. The van der Waals surface area contributed by atoms with E-state index in [1.54, 1.807) is 0 Å². The first-order valence-electron chi connectivity index (χ1n) is 20.7. The highest BCUT2D eigenvalue weighted by Gasteiger charge is 2.25. The van der Waals surface area contributed by atoms with Crippen LogP contribution in [-0.2, 0) is 10.8 Å². The van der Waals surface area contributed by atoms with Crippen molar-refractivity contribution in [3.05, 3.63) is 193 Å². The first kappa shape index (κ1) is 38.0. The molecule has 0 atom stereocenters. The third-order valence-corrected chi connectivity index (χ3v) is 12.0. The maximum atomic E-state index is 6.91. The quantitative estimate of drug-likeness (QED) is 0.146. The zero-order chi connectivity index (χ0) is 40.9. The number of anilines is 2. The summed E-state index contributed by atoms with van der Waals surface area (Å²) in [6, 6.07) is 54.5. The molecule has 59 heavy (non-hydrogen) atoms. The van der Waals surface area contributed by atoms with Crippen LogP contribution in [0.2, 0.25) is 0 Å². The molecule has 0 bridgehead atoms. The molecule has 0 amide bonds. The third-order valence-electron chi connectivity index (χ3n) is 12.0. The smallest absolute Gasteiger partial charge is 0.137 e. The first-order valence-corrected chi connectivity index (χ1v) is 20.7. The van der Waals surface area contributed by atoms with Crippen LogP contribution in [0.25, 0.3) is 38.8 Å². The van der Waals surface area contributed by atoms with Gasteiger partial charge in [-0.2, -0.15) is 0 Å². The van der Waals surface area contributed by atoms with Gasteiger partial charge in [0.15, 0.2) is 0 Å². The van der Waals surface area contributed by atoms with Crippen molar-refractivity contribution in [1.29, 1.82) is 0 Å². The molecule has 2 aromatic heterocycles. The Morgan fingerprint density at radius 3 is 2.00 bits per heavy atom. The van der Waals surface area contributed by atoms with E-state index in [-0.39, 0.29) is 10.8 Å². The molecule has 0 spiro atoms. The van der Waals surface area contributed by atoms with Gasteiger partial charge in [0, 0.05) is 58.3 Å². The lowest BCUT2D eigenvalue weighted by molar-refractivity contribution is 0.483. The predicted octanol–water partition coefficient (Wildman–Crippen LogP) is 14.1. The van der Waals surface area contributed by atoms with Crippen LogP contribution in [0.15, 0.2) is 170 Å². The van der Waals surface area contributed by atoms with Crippen LogP contribution in [0.1, 0.15) is 76.6 Å². The molecule has 8 aromatic rings. The average molecular weight is 773 g/mol. The summed E-state index contributed by atoms with van der Waals surface area (Å²) in [5, 5.41) is 2.35. The number of fused-ring (bicyclic) bond motifs is 3. The highest BCUT2D eigenvalue weighted by molar-refractivity contribution is 6.09. The lowest BCUT2D eigenvalue weighted by Crippen LogP contribution is -2.25. The number of rotatable bonds is 9. The molecule has 0 aliphatic carbocycles.